The average molecular weight is 375 g/mol. The minimum absolute atomic E-state index is 0.0266. The van der Waals surface area contributed by atoms with E-state index in [4.69, 9.17) is 4.42 Å². The Kier molecular flexibility index (Phi) is 7.33. The predicted octanol–water partition coefficient (Wildman–Crippen LogP) is 3.56. The van der Waals surface area contributed by atoms with E-state index in [2.05, 4.69) is 42.7 Å². The van der Waals surface area contributed by atoms with Crippen molar-refractivity contribution in [1.29, 1.82) is 0 Å². The highest BCUT2D eigenvalue weighted by Crippen LogP contribution is 2.20. The molecule has 1 heterocycles. The van der Waals surface area contributed by atoms with Gasteiger partial charge in [0, 0.05) is 17.2 Å². The van der Waals surface area contributed by atoms with E-state index in [0.717, 1.165) is 5.75 Å². The standard InChI is InChI=1S/C20H26N2O3S/c1-13(2)18(22-19(23)17-6-5-10-25-17)20(24)21-9-11-26-16-8-7-14(3)15(4)12-16/h5-8,10,12-13,18H,9,11H2,1-4H3,(H,21,24)(H,22,23)/t18-/m0/s1. The number of carbonyl (C=O) groups excluding carboxylic acids is 2. The summed E-state index contributed by atoms with van der Waals surface area (Å²) in [4.78, 5) is 25.7. The van der Waals surface area contributed by atoms with Crippen molar-refractivity contribution in [1.82, 2.24) is 10.6 Å². The second-order valence-corrected chi connectivity index (χ2v) is 7.73. The smallest absolute Gasteiger partial charge is 0.287 e. The zero-order valence-corrected chi connectivity index (χ0v) is 16.5. The lowest BCUT2D eigenvalue weighted by Crippen LogP contribution is -2.50. The summed E-state index contributed by atoms with van der Waals surface area (Å²) < 4.78 is 5.07. The zero-order valence-electron chi connectivity index (χ0n) is 15.7. The van der Waals surface area contributed by atoms with Crippen LogP contribution in [0, 0.1) is 19.8 Å². The van der Waals surface area contributed by atoms with Crippen LogP contribution in [0.25, 0.3) is 0 Å². The average Bonchev–Trinajstić information content (AvgIpc) is 3.13. The minimum Gasteiger partial charge on any atom is -0.459 e. The molecule has 0 unspecified atom stereocenters. The Morgan fingerprint density at radius 1 is 1.15 bits per heavy atom. The highest BCUT2D eigenvalue weighted by molar-refractivity contribution is 7.99. The van der Waals surface area contributed by atoms with Crippen LogP contribution in [0.2, 0.25) is 0 Å². The van der Waals surface area contributed by atoms with Gasteiger partial charge in [-0.05, 0) is 55.2 Å². The van der Waals surface area contributed by atoms with Crippen molar-refractivity contribution in [2.75, 3.05) is 12.3 Å². The Morgan fingerprint density at radius 2 is 1.92 bits per heavy atom. The molecule has 0 aliphatic rings. The van der Waals surface area contributed by atoms with Crippen LogP contribution in [0.4, 0.5) is 0 Å². The van der Waals surface area contributed by atoms with Gasteiger partial charge in [0.1, 0.15) is 6.04 Å². The van der Waals surface area contributed by atoms with Crippen molar-refractivity contribution in [3.8, 4) is 0 Å². The van der Waals surface area contributed by atoms with Gasteiger partial charge >= 0.3 is 0 Å². The summed E-state index contributed by atoms with van der Waals surface area (Å²) in [7, 11) is 0. The number of hydrogen-bond donors (Lipinski definition) is 2. The molecule has 0 aliphatic carbocycles. The van der Waals surface area contributed by atoms with Gasteiger partial charge in [-0.1, -0.05) is 19.9 Å². The van der Waals surface area contributed by atoms with Crippen LogP contribution in [0.3, 0.4) is 0 Å². The van der Waals surface area contributed by atoms with E-state index in [-0.39, 0.29) is 23.5 Å². The third kappa shape index (κ3) is 5.66. The van der Waals surface area contributed by atoms with Gasteiger partial charge in [0.15, 0.2) is 5.76 Å². The third-order valence-corrected chi connectivity index (χ3v) is 5.12. The molecule has 2 aromatic rings. The summed E-state index contributed by atoms with van der Waals surface area (Å²) in [6.45, 7) is 8.52. The molecular formula is C20H26N2O3S. The number of amides is 2. The Balaban J connectivity index is 1.81. The van der Waals surface area contributed by atoms with Crippen molar-refractivity contribution >= 4 is 23.6 Å². The van der Waals surface area contributed by atoms with Gasteiger partial charge in [0.2, 0.25) is 5.91 Å². The molecule has 0 spiro atoms. The van der Waals surface area contributed by atoms with Crippen LogP contribution in [0.5, 0.6) is 0 Å². The van der Waals surface area contributed by atoms with E-state index >= 15 is 0 Å². The maximum atomic E-state index is 12.4. The number of rotatable bonds is 8. The normalized spacial score (nSPS) is 12.0. The lowest BCUT2D eigenvalue weighted by Gasteiger charge is -2.21. The van der Waals surface area contributed by atoms with Crippen LogP contribution in [-0.2, 0) is 4.79 Å². The summed E-state index contributed by atoms with van der Waals surface area (Å²) in [5.41, 5.74) is 2.54. The summed E-state index contributed by atoms with van der Waals surface area (Å²) in [6.07, 6.45) is 1.43. The molecule has 0 saturated carbocycles. The first-order valence-corrected chi connectivity index (χ1v) is 9.69. The first-order valence-electron chi connectivity index (χ1n) is 8.70. The summed E-state index contributed by atoms with van der Waals surface area (Å²) in [5.74, 6) is 0.384. The fourth-order valence-corrected chi connectivity index (χ4v) is 3.28. The molecule has 1 aromatic carbocycles. The van der Waals surface area contributed by atoms with Gasteiger partial charge in [0.05, 0.1) is 6.26 Å². The molecule has 140 valence electrons. The molecule has 1 atom stereocenters. The number of hydrogen-bond acceptors (Lipinski definition) is 4. The lowest BCUT2D eigenvalue weighted by atomic mass is 10.0. The number of carbonyl (C=O) groups is 2. The lowest BCUT2D eigenvalue weighted by molar-refractivity contribution is -0.123. The Labute approximate surface area is 158 Å². The summed E-state index contributed by atoms with van der Waals surface area (Å²) in [5, 5.41) is 5.65. The van der Waals surface area contributed by atoms with Crippen molar-refractivity contribution in [3.63, 3.8) is 0 Å². The second-order valence-electron chi connectivity index (χ2n) is 6.56. The summed E-state index contributed by atoms with van der Waals surface area (Å²) in [6, 6.07) is 8.97. The van der Waals surface area contributed by atoms with E-state index < -0.39 is 6.04 Å². The number of furan rings is 1. The molecule has 0 radical (unpaired) electrons. The van der Waals surface area contributed by atoms with Crippen molar-refractivity contribution in [3.05, 3.63) is 53.5 Å². The Hall–Kier alpha value is -2.21. The first kappa shape index (κ1) is 20.1. The molecule has 5 nitrogen and oxygen atoms in total. The molecule has 2 N–H and O–H groups in total. The van der Waals surface area contributed by atoms with Crippen LogP contribution in [-0.4, -0.2) is 30.2 Å². The highest BCUT2D eigenvalue weighted by atomic mass is 32.2. The molecule has 26 heavy (non-hydrogen) atoms. The SMILES string of the molecule is Cc1ccc(SCCNC(=O)[C@@H](NC(=O)c2ccco2)C(C)C)cc1C. The highest BCUT2D eigenvalue weighted by Gasteiger charge is 2.25. The van der Waals surface area contributed by atoms with E-state index in [0.29, 0.717) is 6.54 Å². The molecule has 6 heteroatoms. The summed E-state index contributed by atoms with van der Waals surface area (Å²) >= 11 is 1.70. The van der Waals surface area contributed by atoms with E-state index in [1.165, 1.54) is 22.3 Å². The van der Waals surface area contributed by atoms with Gasteiger partial charge in [-0.3, -0.25) is 9.59 Å². The predicted molar refractivity (Wildman–Crippen MR) is 104 cm³/mol. The monoisotopic (exact) mass is 374 g/mol. The van der Waals surface area contributed by atoms with Crippen LogP contribution in [0.1, 0.15) is 35.5 Å². The van der Waals surface area contributed by atoms with Gasteiger partial charge in [-0.2, -0.15) is 0 Å². The maximum absolute atomic E-state index is 12.4. The molecule has 2 amide bonds. The molecule has 0 bridgehead atoms. The van der Waals surface area contributed by atoms with Crippen molar-refractivity contribution in [2.45, 2.75) is 38.6 Å². The van der Waals surface area contributed by atoms with E-state index in [1.54, 1.807) is 23.9 Å². The molecular weight excluding hydrogens is 348 g/mol. The van der Waals surface area contributed by atoms with E-state index in [9.17, 15) is 9.59 Å². The topological polar surface area (TPSA) is 71.3 Å². The van der Waals surface area contributed by atoms with Crippen LogP contribution < -0.4 is 10.6 Å². The zero-order chi connectivity index (χ0) is 19.1. The Bertz CT molecular complexity index is 742. The largest absolute Gasteiger partial charge is 0.459 e. The first-order chi connectivity index (χ1) is 12.4. The van der Waals surface area contributed by atoms with Gasteiger partial charge in [-0.15, -0.1) is 11.8 Å². The van der Waals surface area contributed by atoms with Crippen molar-refractivity contribution in [2.24, 2.45) is 5.92 Å². The van der Waals surface area contributed by atoms with Crippen LogP contribution in [0.15, 0.2) is 45.9 Å². The number of nitrogens with one attached hydrogen (secondary N) is 2. The molecule has 2 rings (SSSR count). The van der Waals surface area contributed by atoms with Gasteiger partial charge < -0.3 is 15.1 Å². The van der Waals surface area contributed by atoms with Gasteiger partial charge in [-0.25, -0.2) is 0 Å². The molecule has 0 fully saturated rings. The molecule has 0 aliphatic heterocycles. The quantitative estimate of drug-likeness (QED) is 0.547. The van der Waals surface area contributed by atoms with Crippen molar-refractivity contribution < 1.29 is 14.0 Å². The second kappa shape index (κ2) is 9.48. The maximum Gasteiger partial charge on any atom is 0.287 e. The van der Waals surface area contributed by atoms with Gasteiger partial charge in [0.25, 0.3) is 5.91 Å². The molecule has 1 aromatic heterocycles. The fraction of sp³-hybridized carbons (Fsp3) is 0.400. The number of benzene rings is 1. The van der Waals surface area contributed by atoms with Crippen LogP contribution >= 0.6 is 11.8 Å². The minimum atomic E-state index is -0.598. The number of thioether (sulfide) groups is 1. The fourth-order valence-electron chi connectivity index (χ4n) is 2.41. The Morgan fingerprint density at radius 3 is 2.54 bits per heavy atom. The molecule has 0 saturated heterocycles. The van der Waals surface area contributed by atoms with E-state index in [1.807, 2.05) is 13.8 Å². The number of aryl methyl sites for hydroxylation is 2. The third-order valence-electron chi connectivity index (χ3n) is 4.13.